The molecule has 0 aromatic heterocycles. The number of para-hydroxylation sites is 1. The molecule has 3 aromatic carbocycles. The topological polar surface area (TPSA) is 21.3 Å². The van der Waals surface area contributed by atoms with Crippen LogP contribution >= 0.6 is 24.0 Å². The molecule has 4 rings (SSSR count). The summed E-state index contributed by atoms with van der Waals surface area (Å²) in [6.07, 6.45) is 0. The summed E-state index contributed by atoms with van der Waals surface area (Å²) in [5, 5.41) is 5.94. The number of hydrogen-bond acceptors (Lipinski definition) is 3. The number of thiocarbonyl (C=S) groups is 1. The van der Waals surface area contributed by atoms with E-state index in [1.807, 2.05) is 12.1 Å². The minimum Gasteiger partial charge on any atom is -0.493 e. The molecule has 0 saturated heterocycles. The van der Waals surface area contributed by atoms with Crippen LogP contribution in [0.5, 0.6) is 5.75 Å². The monoisotopic (exact) mass is 365 g/mol. The second-order valence-corrected chi connectivity index (χ2v) is 7.84. The number of rotatable bonds is 4. The average Bonchev–Trinajstić information content (AvgIpc) is 3.08. The Morgan fingerprint density at radius 3 is 2.76 bits per heavy atom. The summed E-state index contributed by atoms with van der Waals surface area (Å²) < 4.78 is 6.57. The zero-order chi connectivity index (χ0) is 17.1. The summed E-state index contributed by atoms with van der Waals surface area (Å²) in [5.74, 6) is 2.26. The second kappa shape index (κ2) is 7.46. The van der Waals surface area contributed by atoms with Crippen LogP contribution in [0.25, 0.3) is 10.8 Å². The molecule has 0 fully saturated rings. The Hall–Kier alpha value is -2.04. The Kier molecular flexibility index (Phi) is 4.90. The molecule has 1 N–H and O–H groups in total. The van der Waals surface area contributed by atoms with Gasteiger partial charge in [-0.15, -0.1) is 0 Å². The Morgan fingerprint density at radius 1 is 1.04 bits per heavy atom. The van der Waals surface area contributed by atoms with Crippen molar-refractivity contribution in [3.8, 4) is 5.75 Å². The fraction of sp³-hybridized carbons (Fsp3) is 0.190. The van der Waals surface area contributed by atoms with E-state index < -0.39 is 0 Å². The van der Waals surface area contributed by atoms with E-state index in [4.69, 9.17) is 17.0 Å². The Labute approximate surface area is 157 Å². The summed E-state index contributed by atoms with van der Waals surface area (Å²) >= 11 is 7.18. The molecule has 1 atom stereocenters. The molecule has 1 aliphatic heterocycles. The van der Waals surface area contributed by atoms with Crippen LogP contribution in [0.1, 0.15) is 17.0 Å². The molecular weight excluding hydrogens is 346 g/mol. The molecule has 1 aliphatic rings. The highest BCUT2D eigenvalue weighted by atomic mass is 32.2. The molecule has 0 saturated carbocycles. The minimum absolute atomic E-state index is 0.371. The van der Waals surface area contributed by atoms with Crippen molar-refractivity contribution in [2.24, 2.45) is 0 Å². The van der Waals surface area contributed by atoms with Crippen molar-refractivity contribution in [2.45, 2.75) is 11.7 Å². The highest BCUT2D eigenvalue weighted by Crippen LogP contribution is 2.33. The lowest BCUT2D eigenvalue weighted by atomic mass is 10.0. The van der Waals surface area contributed by atoms with E-state index in [-0.39, 0.29) is 0 Å². The molecule has 0 bridgehead atoms. The first-order valence-electron chi connectivity index (χ1n) is 8.39. The van der Waals surface area contributed by atoms with E-state index in [0.29, 0.717) is 5.92 Å². The van der Waals surface area contributed by atoms with Crippen molar-refractivity contribution in [3.05, 3.63) is 77.9 Å². The molecule has 0 aliphatic carbocycles. The second-order valence-electron chi connectivity index (χ2n) is 6.18. The largest absolute Gasteiger partial charge is 0.493 e. The van der Waals surface area contributed by atoms with Crippen LogP contribution < -0.4 is 10.1 Å². The fourth-order valence-electron chi connectivity index (χ4n) is 3.13. The minimum atomic E-state index is 0.371. The van der Waals surface area contributed by atoms with Crippen LogP contribution in [0.3, 0.4) is 0 Å². The van der Waals surface area contributed by atoms with Gasteiger partial charge in [0.25, 0.3) is 0 Å². The highest BCUT2D eigenvalue weighted by molar-refractivity contribution is 8.22. The van der Waals surface area contributed by atoms with Gasteiger partial charge in [0.2, 0.25) is 0 Å². The van der Waals surface area contributed by atoms with Gasteiger partial charge in [-0.1, -0.05) is 84.6 Å². The standard InChI is InChI=1S/C21H19NOS2/c24-21(22-12-18-13-23-20-8-4-3-7-19(18)20)25-14-15-9-10-16-5-1-2-6-17(16)11-15/h1-11,18H,12-14H2,(H,22,24). The first-order valence-corrected chi connectivity index (χ1v) is 9.79. The number of ether oxygens (including phenoxy) is 1. The highest BCUT2D eigenvalue weighted by Gasteiger charge is 2.23. The maximum atomic E-state index is 5.72. The number of thioether (sulfide) groups is 1. The zero-order valence-electron chi connectivity index (χ0n) is 13.8. The zero-order valence-corrected chi connectivity index (χ0v) is 15.4. The summed E-state index contributed by atoms with van der Waals surface area (Å²) in [6.45, 7) is 1.55. The Bertz CT molecular complexity index is 909. The van der Waals surface area contributed by atoms with Crippen molar-refractivity contribution in [3.63, 3.8) is 0 Å². The van der Waals surface area contributed by atoms with E-state index in [1.165, 1.54) is 21.9 Å². The number of benzene rings is 3. The van der Waals surface area contributed by atoms with Gasteiger partial charge >= 0.3 is 0 Å². The predicted molar refractivity (Wildman–Crippen MR) is 111 cm³/mol. The molecule has 2 nitrogen and oxygen atoms in total. The van der Waals surface area contributed by atoms with Gasteiger partial charge in [0.05, 0.1) is 6.61 Å². The normalized spacial score (nSPS) is 15.6. The first kappa shape index (κ1) is 16.4. The lowest BCUT2D eigenvalue weighted by Crippen LogP contribution is -2.25. The van der Waals surface area contributed by atoms with Crippen LogP contribution in [0, 0.1) is 0 Å². The lowest BCUT2D eigenvalue weighted by molar-refractivity contribution is 0.330. The average molecular weight is 366 g/mol. The van der Waals surface area contributed by atoms with Gasteiger partial charge in [0.15, 0.2) is 0 Å². The first-order chi connectivity index (χ1) is 12.3. The van der Waals surface area contributed by atoms with Gasteiger partial charge < -0.3 is 10.1 Å². The van der Waals surface area contributed by atoms with E-state index in [0.717, 1.165) is 29.0 Å². The third-order valence-corrected chi connectivity index (χ3v) is 5.86. The van der Waals surface area contributed by atoms with E-state index in [1.54, 1.807) is 11.8 Å². The summed E-state index contributed by atoms with van der Waals surface area (Å²) in [4.78, 5) is 0. The van der Waals surface area contributed by atoms with Gasteiger partial charge in [0.1, 0.15) is 10.1 Å². The van der Waals surface area contributed by atoms with Gasteiger partial charge in [-0.25, -0.2) is 0 Å². The van der Waals surface area contributed by atoms with E-state index in [9.17, 15) is 0 Å². The predicted octanol–water partition coefficient (Wildman–Crippen LogP) is 5.12. The lowest BCUT2D eigenvalue weighted by Gasteiger charge is -2.12. The van der Waals surface area contributed by atoms with Crippen LogP contribution in [0.4, 0.5) is 0 Å². The van der Waals surface area contributed by atoms with Crippen molar-refractivity contribution in [1.29, 1.82) is 0 Å². The van der Waals surface area contributed by atoms with Crippen molar-refractivity contribution >= 4 is 39.1 Å². The summed E-state index contributed by atoms with van der Waals surface area (Å²) in [7, 11) is 0. The molecule has 1 heterocycles. The van der Waals surface area contributed by atoms with Crippen molar-refractivity contribution < 1.29 is 4.74 Å². The summed E-state index contributed by atoms with van der Waals surface area (Å²) in [6, 6.07) is 23.3. The Balaban J connectivity index is 1.30. The van der Waals surface area contributed by atoms with Crippen molar-refractivity contribution in [2.75, 3.05) is 13.2 Å². The maximum absolute atomic E-state index is 5.72. The van der Waals surface area contributed by atoms with Gasteiger partial charge in [0, 0.05) is 23.8 Å². The number of fused-ring (bicyclic) bond motifs is 2. The van der Waals surface area contributed by atoms with Gasteiger partial charge in [-0.05, 0) is 22.4 Å². The van der Waals surface area contributed by atoms with Gasteiger partial charge in [-0.2, -0.15) is 0 Å². The van der Waals surface area contributed by atoms with Crippen molar-refractivity contribution in [1.82, 2.24) is 5.32 Å². The smallest absolute Gasteiger partial charge is 0.134 e. The molecular formula is C21H19NOS2. The van der Waals surface area contributed by atoms with E-state index >= 15 is 0 Å². The molecule has 4 heteroatoms. The van der Waals surface area contributed by atoms with Gasteiger partial charge in [-0.3, -0.25) is 0 Å². The van der Waals surface area contributed by atoms with Crippen LogP contribution in [0.2, 0.25) is 0 Å². The number of hydrogen-bond donors (Lipinski definition) is 1. The molecule has 0 amide bonds. The molecule has 0 radical (unpaired) electrons. The quantitative estimate of drug-likeness (QED) is 0.647. The van der Waals surface area contributed by atoms with Crippen LogP contribution in [-0.4, -0.2) is 17.5 Å². The van der Waals surface area contributed by atoms with E-state index in [2.05, 4.69) is 59.9 Å². The SMILES string of the molecule is S=C(NCC1COc2ccccc21)SCc1ccc2ccccc2c1. The molecule has 3 aromatic rings. The molecule has 1 unspecified atom stereocenters. The van der Waals surface area contributed by atoms with Crippen LogP contribution in [-0.2, 0) is 5.75 Å². The molecule has 0 spiro atoms. The number of nitrogens with one attached hydrogen (secondary N) is 1. The van der Waals surface area contributed by atoms with Crippen LogP contribution in [0.15, 0.2) is 66.7 Å². The summed E-state index contributed by atoms with van der Waals surface area (Å²) in [5.41, 5.74) is 2.57. The fourth-order valence-corrected chi connectivity index (χ4v) is 4.06. The Morgan fingerprint density at radius 2 is 1.84 bits per heavy atom. The molecule has 25 heavy (non-hydrogen) atoms. The maximum Gasteiger partial charge on any atom is 0.134 e. The molecule has 126 valence electrons. The third-order valence-electron chi connectivity index (χ3n) is 4.48. The third kappa shape index (κ3) is 3.80.